The fraction of sp³-hybridized carbons (Fsp3) is 0.368. The Labute approximate surface area is 125 Å². The lowest BCUT2D eigenvalue weighted by molar-refractivity contribution is 0.399. The van der Waals surface area contributed by atoms with Crippen LogP contribution in [0.3, 0.4) is 0 Å². The fourth-order valence-electron chi connectivity index (χ4n) is 1.36. The molecule has 0 unspecified atom stereocenters. The van der Waals surface area contributed by atoms with Gasteiger partial charge < -0.3 is 5.11 Å². The SMILES string of the molecule is C/C=C\C(=C/C)c1cccc(C)c1.C=C(C)CC.CO. The molecule has 1 nitrogen and oxygen atoms in total. The smallest absolute Gasteiger partial charge is 0.0319 e. The zero-order chi connectivity index (χ0) is 16.0. The van der Waals surface area contributed by atoms with Crippen molar-refractivity contribution in [3.63, 3.8) is 0 Å². The lowest BCUT2D eigenvalue weighted by Gasteiger charge is -2.02. The molecule has 0 spiro atoms. The van der Waals surface area contributed by atoms with Gasteiger partial charge in [0.2, 0.25) is 0 Å². The summed E-state index contributed by atoms with van der Waals surface area (Å²) in [6, 6.07) is 8.56. The van der Waals surface area contributed by atoms with E-state index in [9.17, 15) is 0 Å². The molecule has 1 heteroatoms. The maximum Gasteiger partial charge on any atom is 0.0319 e. The van der Waals surface area contributed by atoms with E-state index in [0.29, 0.717) is 0 Å². The van der Waals surface area contributed by atoms with Crippen molar-refractivity contribution in [2.24, 2.45) is 0 Å². The normalized spacial score (nSPS) is 10.2. The van der Waals surface area contributed by atoms with E-state index in [-0.39, 0.29) is 0 Å². The molecule has 0 radical (unpaired) electrons. The van der Waals surface area contributed by atoms with Crippen LogP contribution in [0.5, 0.6) is 0 Å². The molecule has 1 aromatic rings. The predicted octanol–water partition coefficient (Wildman–Crippen LogP) is 5.56. The zero-order valence-corrected chi connectivity index (χ0v) is 13.9. The van der Waals surface area contributed by atoms with Gasteiger partial charge in [0.15, 0.2) is 0 Å². The van der Waals surface area contributed by atoms with Crippen molar-refractivity contribution in [3.05, 3.63) is 65.8 Å². The van der Waals surface area contributed by atoms with Crippen LogP contribution in [-0.4, -0.2) is 12.2 Å². The fourth-order valence-corrected chi connectivity index (χ4v) is 1.36. The van der Waals surface area contributed by atoms with E-state index in [4.69, 9.17) is 5.11 Å². The summed E-state index contributed by atoms with van der Waals surface area (Å²) in [5.74, 6) is 0. The number of aliphatic hydroxyl groups is 1. The molecule has 0 aliphatic rings. The quantitative estimate of drug-likeness (QED) is 0.565. The standard InChI is InChI=1S/C13H16.C5H10.CH4O/c1-4-7-12(5-2)13-9-6-8-11(3)10-13;1-4-5(2)3;1-2/h4-10H,1-3H3;2,4H2,1,3H3;2H,1H3/b7-4-,12-5+;;. The Morgan fingerprint density at radius 3 is 2.15 bits per heavy atom. The molecule has 1 rings (SSSR count). The summed E-state index contributed by atoms with van der Waals surface area (Å²) in [4.78, 5) is 0. The molecule has 0 aliphatic carbocycles. The van der Waals surface area contributed by atoms with Crippen molar-refractivity contribution in [1.29, 1.82) is 0 Å². The van der Waals surface area contributed by atoms with Crippen LogP contribution in [0.25, 0.3) is 5.57 Å². The van der Waals surface area contributed by atoms with E-state index in [2.05, 4.69) is 69.8 Å². The third-order valence-electron chi connectivity index (χ3n) is 2.61. The van der Waals surface area contributed by atoms with Gasteiger partial charge in [-0.25, -0.2) is 0 Å². The molecule has 1 aromatic carbocycles. The first-order valence-electron chi connectivity index (χ1n) is 7.00. The summed E-state index contributed by atoms with van der Waals surface area (Å²) in [7, 11) is 1.00. The molecule has 0 aliphatic heterocycles. The Morgan fingerprint density at radius 2 is 1.80 bits per heavy atom. The first-order chi connectivity index (χ1) is 9.54. The van der Waals surface area contributed by atoms with Crippen molar-refractivity contribution in [2.75, 3.05) is 7.11 Å². The second-order valence-electron chi connectivity index (χ2n) is 4.42. The molecular formula is C19H30O. The third-order valence-corrected chi connectivity index (χ3v) is 2.61. The molecular weight excluding hydrogens is 244 g/mol. The molecule has 112 valence electrons. The van der Waals surface area contributed by atoms with Crippen LogP contribution in [0.1, 0.15) is 45.2 Å². The van der Waals surface area contributed by atoms with Crippen LogP contribution in [0, 0.1) is 6.92 Å². The number of aliphatic hydroxyl groups excluding tert-OH is 1. The molecule has 0 fully saturated rings. The minimum absolute atomic E-state index is 1.00. The van der Waals surface area contributed by atoms with Gasteiger partial charge >= 0.3 is 0 Å². The molecule has 0 atom stereocenters. The summed E-state index contributed by atoms with van der Waals surface area (Å²) in [6.45, 7) is 14.0. The van der Waals surface area contributed by atoms with Crippen LogP contribution >= 0.6 is 0 Å². The summed E-state index contributed by atoms with van der Waals surface area (Å²) in [5, 5.41) is 7.00. The number of rotatable bonds is 3. The van der Waals surface area contributed by atoms with E-state index in [1.54, 1.807) is 0 Å². The molecule has 20 heavy (non-hydrogen) atoms. The number of hydrogen-bond donors (Lipinski definition) is 1. The Kier molecular flexibility index (Phi) is 14.3. The van der Waals surface area contributed by atoms with Gasteiger partial charge in [-0.05, 0) is 45.3 Å². The summed E-state index contributed by atoms with van der Waals surface area (Å²) >= 11 is 0. The van der Waals surface area contributed by atoms with Crippen molar-refractivity contribution in [1.82, 2.24) is 0 Å². The highest BCUT2D eigenvalue weighted by molar-refractivity contribution is 5.73. The Balaban J connectivity index is 0. The van der Waals surface area contributed by atoms with Crippen molar-refractivity contribution >= 4 is 5.57 Å². The van der Waals surface area contributed by atoms with Gasteiger partial charge in [-0.1, -0.05) is 60.6 Å². The van der Waals surface area contributed by atoms with Gasteiger partial charge in [-0.2, -0.15) is 0 Å². The highest BCUT2D eigenvalue weighted by Crippen LogP contribution is 2.16. The summed E-state index contributed by atoms with van der Waals surface area (Å²) < 4.78 is 0. The third kappa shape index (κ3) is 10.3. The van der Waals surface area contributed by atoms with Crippen molar-refractivity contribution < 1.29 is 5.11 Å². The maximum atomic E-state index is 7.00. The molecule has 0 heterocycles. The molecule has 0 saturated heterocycles. The molecule has 0 saturated carbocycles. The summed E-state index contributed by atoms with van der Waals surface area (Å²) in [6.07, 6.45) is 7.45. The van der Waals surface area contributed by atoms with Crippen molar-refractivity contribution in [2.45, 2.75) is 41.0 Å². The number of benzene rings is 1. The average Bonchev–Trinajstić information content (AvgIpc) is 2.47. The highest BCUT2D eigenvalue weighted by atomic mass is 16.2. The van der Waals surface area contributed by atoms with E-state index in [0.717, 1.165) is 13.5 Å². The maximum absolute atomic E-state index is 7.00. The molecule has 0 aromatic heterocycles. The van der Waals surface area contributed by atoms with E-state index in [1.165, 1.54) is 22.3 Å². The first kappa shape index (κ1) is 20.7. The minimum Gasteiger partial charge on any atom is -0.400 e. The Bertz CT molecular complexity index is 425. The number of aryl methyl sites for hydroxylation is 1. The monoisotopic (exact) mass is 274 g/mol. The average molecular weight is 274 g/mol. The van der Waals surface area contributed by atoms with Gasteiger partial charge in [0.25, 0.3) is 0 Å². The topological polar surface area (TPSA) is 20.2 Å². The van der Waals surface area contributed by atoms with Crippen LogP contribution in [-0.2, 0) is 0 Å². The lowest BCUT2D eigenvalue weighted by Crippen LogP contribution is -1.81. The van der Waals surface area contributed by atoms with Gasteiger partial charge in [0.05, 0.1) is 0 Å². The highest BCUT2D eigenvalue weighted by Gasteiger charge is 1.95. The van der Waals surface area contributed by atoms with E-state index in [1.807, 2.05) is 13.8 Å². The zero-order valence-electron chi connectivity index (χ0n) is 13.9. The Hall–Kier alpha value is -1.60. The van der Waals surface area contributed by atoms with Gasteiger partial charge in [0, 0.05) is 7.11 Å². The number of allylic oxidation sites excluding steroid dienone is 5. The predicted molar refractivity (Wildman–Crippen MR) is 92.9 cm³/mol. The summed E-state index contributed by atoms with van der Waals surface area (Å²) in [5.41, 5.74) is 5.14. The Morgan fingerprint density at radius 1 is 1.25 bits per heavy atom. The van der Waals surface area contributed by atoms with Gasteiger partial charge in [-0.15, -0.1) is 6.58 Å². The van der Waals surface area contributed by atoms with E-state index >= 15 is 0 Å². The minimum atomic E-state index is 1.00. The van der Waals surface area contributed by atoms with E-state index < -0.39 is 0 Å². The van der Waals surface area contributed by atoms with Gasteiger partial charge in [0.1, 0.15) is 0 Å². The second-order valence-corrected chi connectivity index (χ2v) is 4.42. The largest absolute Gasteiger partial charge is 0.400 e. The molecule has 0 bridgehead atoms. The van der Waals surface area contributed by atoms with Crippen LogP contribution < -0.4 is 0 Å². The van der Waals surface area contributed by atoms with Gasteiger partial charge in [-0.3, -0.25) is 0 Å². The van der Waals surface area contributed by atoms with Crippen LogP contribution in [0.2, 0.25) is 0 Å². The van der Waals surface area contributed by atoms with Crippen LogP contribution in [0.4, 0.5) is 0 Å². The van der Waals surface area contributed by atoms with Crippen molar-refractivity contribution in [3.8, 4) is 0 Å². The lowest BCUT2D eigenvalue weighted by atomic mass is 10.0. The number of hydrogen-bond acceptors (Lipinski definition) is 1. The van der Waals surface area contributed by atoms with Crippen LogP contribution in [0.15, 0.2) is 54.6 Å². The molecule has 1 N–H and O–H groups in total. The first-order valence-corrected chi connectivity index (χ1v) is 7.00. The second kappa shape index (κ2) is 13.8. The molecule has 0 amide bonds.